The van der Waals surface area contributed by atoms with Crippen molar-refractivity contribution < 1.29 is 4.55 Å². The molecule has 0 amide bonds. The van der Waals surface area contributed by atoms with E-state index < -0.39 is 11.2 Å². The third-order valence-electron chi connectivity index (χ3n) is 1.14. The Hall–Kier alpha value is -0.730. The molecule has 1 aromatic rings. The molecule has 0 aliphatic rings. The average molecular weight is 153 g/mol. The molecule has 0 fully saturated rings. The van der Waals surface area contributed by atoms with Crippen molar-refractivity contribution in [3.05, 3.63) is 42.3 Å². The second kappa shape index (κ2) is 3.44. The van der Waals surface area contributed by atoms with Crippen LogP contribution in [-0.4, -0.2) is 4.55 Å². The highest BCUT2D eigenvalue weighted by Crippen LogP contribution is 2.09. The van der Waals surface area contributed by atoms with Crippen molar-refractivity contribution >= 4 is 11.2 Å². The standard InChI is InChI=1S/C8H9OS/c1-2-10(9)8-6-4-3-5-7-8/h2-7,9H,1H2/q+1. The van der Waals surface area contributed by atoms with E-state index in [9.17, 15) is 4.55 Å². The lowest BCUT2D eigenvalue weighted by Crippen LogP contribution is -1.93. The van der Waals surface area contributed by atoms with E-state index in [1.165, 1.54) is 5.41 Å². The first-order chi connectivity index (χ1) is 4.84. The molecule has 0 radical (unpaired) electrons. The van der Waals surface area contributed by atoms with Crippen LogP contribution in [0.5, 0.6) is 0 Å². The number of hydrogen-bond donors (Lipinski definition) is 1. The number of hydrogen-bond acceptors (Lipinski definition) is 1. The molecule has 2 heteroatoms. The normalized spacial score (nSPS) is 12.5. The Labute approximate surface area is 63.6 Å². The van der Waals surface area contributed by atoms with Crippen LogP contribution in [-0.2, 0) is 11.2 Å². The van der Waals surface area contributed by atoms with Crippen molar-refractivity contribution in [2.75, 3.05) is 0 Å². The zero-order valence-electron chi connectivity index (χ0n) is 5.53. The molecule has 0 aromatic heterocycles. The third kappa shape index (κ3) is 1.62. The quantitative estimate of drug-likeness (QED) is 0.646. The molecule has 1 unspecified atom stereocenters. The summed E-state index contributed by atoms with van der Waals surface area (Å²) in [4.78, 5) is 0.914. The first-order valence-electron chi connectivity index (χ1n) is 2.94. The van der Waals surface area contributed by atoms with Crippen LogP contribution in [0, 0.1) is 0 Å². The van der Waals surface area contributed by atoms with Gasteiger partial charge in [0.25, 0.3) is 0 Å². The third-order valence-corrected chi connectivity index (χ3v) is 2.21. The van der Waals surface area contributed by atoms with E-state index in [0.717, 1.165) is 4.90 Å². The molecule has 52 valence electrons. The lowest BCUT2D eigenvalue weighted by molar-refractivity contribution is 0.648. The fraction of sp³-hybridized carbons (Fsp3) is 0. The van der Waals surface area contributed by atoms with Gasteiger partial charge >= 0.3 is 0 Å². The molecule has 1 aromatic carbocycles. The van der Waals surface area contributed by atoms with Crippen molar-refractivity contribution in [3.8, 4) is 0 Å². The van der Waals surface area contributed by atoms with E-state index in [1.54, 1.807) is 0 Å². The zero-order valence-corrected chi connectivity index (χ0v) is 6.34. The van der Waals surface area contributed by atoms with Crippen LogP contribution in [0.4, 0.5) is 0 Å². The molecular weight excluding hydrogens is 144 g/mol. The van der Waals surface area contributed by atoms with Crippen LogP contribution < -0.4 is 0 Å². The predicted octanol–water partition coefficient (Wildman–Crippen LogP) is 2.28. The Morgan fingerprint density at radius 2 is 1.90 bits per heavy atom. The lowest BCUT2D eigenvalue weighted by Gasteiger charge is -1.89. The van der Waals surface area contributed by atoms with Crippen LogP contribution in [0.15, 0.2) is 47.2 Å². The van der Waals surface area contributed by atoms with Crippen LogP contribution in [0.2, 0.25) is 0 Å². The van der Waals surface area contributed by atoms with Crippen LogP contribution in [0.3, 0.4) is 0 Å². The second-order valence-electron chi connectivity index (χ2n) is 1.79. The maximum absolute atomic E-state index is 9.24. The summed E-state index contributed by atoms with van der Waals surface area (Å²) in [6.45, 7) is 3.50. The summed E-state index contributed by atoms with van der Waals surface area (Å²) < 4.78 is 9.24. The summed E-state index contributed by atoms with van der Waals surface area (Å²) in [7, 11) is 0. The highest BCUT2D eigenvalue weighted by atomic mass is 32.2. The molecule has 0 bridgehead atoms. The van der Waals surface area contributed by atoms with Gasteiger partial charge in [0.2, 0.25) is 11.2 Å². The van der Waals surface area contributed by atoms with E-state index in [1.807, 2.05) is 30.3 Å². The Morgan fingerprint density at radius 3 is 2.40 bits per heavy atom. The lowest BCUT2D eigenvalue weighted by atomic mass is 10.4. The SMILES string of the molecule is C=C[S+](O)c1ccccc1. The number of rotatable bonds is 2. The van der Waals surface area contributed by atoms with Crippen molar-refractivity contribution in [2.24, 2.45) is 0 Å². The Morgan fingerprint density at radius 1 is 1.30 bits per heavy atom. The average Bonchev–Trinajstić information content (AvgIpc) is 2.05. The fourth-order valence-electron chi connectivity index (χ4n) is 0.656. The smallest absolute Gasteiger partial charge is 0.176 e. The summed E-state index contributed by atoms with van der Waals surface area (Å²) in [5.41, 5.74) is 0. The van der Waals surface area contributed by atoms with Crippen molar-refractivity contribution in [3.63, 3.8) is 0 Å². The molecule has 10 heavy (non-hydrogen) atoms. The molecule has 0 saturated carbocycles. The van der Waals surface area contributed by atoms with Gasteiger partial charge in [0.05, 0.1) is 0 Å². The molecule has 0 saturated heterocycles. The summed E-state index contributed by atoms with van der Waals surface area (Å²) in [5.74, 6) is 0. The van der Waals surface area contributed by atoms with Gasteiger partial charge in [0.15, 0.2) is 10.3 Å². The van der Waals surface area contributed by atoms with Crippen LogP contribution in [0.1, 0.15) is 0 Å². The molecule has 1 N–H and O–H groups in total. The Bertz CT molecular complexity index is 208. The molecular formula is C8H9OS+. The minimum absolute atomic E-state index is 0.776. The van der Waals surface area contributed by atoms with E-state index in [-0.39, 0.29) is 0 Å². The second-order valence-corrected chi connectivity index (χ2v) is 3.23. The van der Waals surface area contributed by atoms with E-state index in [4.69, 9.17) is 0 Å². The fourth-order valence-corrected chi connectivity index (χ4v) is 1.28. The molecule has 0 aliphatic heterocycles. The van der Waals surface area contributed by atoms with Gasteiger partial charge in [-0.1, -0.05) is 18.2 Å². The molecule has 1 atom stereocenters. The van der Waals surface area contributed by atoms with Gasteiger partial charge in [-0.05, 0) is 18.7 Å². The molecule has 0 heterocycles. The summed E-state index contributed by atoms with van der Waals surface area (Å²) in [5, 5.41) is 1.54. The summed E-state index contributed by atoms with van der Waals surface area (Å²) in [6.07, 6.45) is 0. The monoisotopic (exact) mass is 153 g/mol. The van der Waals surface area contributed by atoms with Gasteiger partial charge in [-0.25, -0.2) is 0 Å². The first-order valence-corrected chi connectivity index (χ1v) is 4.19. The highest BCUT2D eigenvalue weighted by Gasteiger charge is 2.12. The Kier molecular flexibility index (Phi) is 2.54. The van der Waals surface area contributed by atoms with Gasteiger partial charge in [0, 0.05) is 0 Å². The van der Waals surface area contributed by atoms with E-state index in [0.29, 0.717) is 0 Å². The zero-order chi connectivity index (χ0) is 7.40. The van der Waals surface area contributed by atoms with E-state index in [2.05, 4.69) is 6.58 Å². The summed E-state index contributed by atoms with van der Waals surface area (Å²) >= 11 is -0.776. The molecule has 0 aliphatic carbocycles. The highest BCUT2D eigenvalue weighted by molar-refractivity contribution is 7.94. The Balaban J connectivity index is 2.84. The van der Waals surface area contributed by atoms with Gasteiger partial charge < -0.3 is 0 Å². The van der Waals surface area contributed by atoms with Crippen LogP contribution in [0.25, 0.3) is 0 Å². The van der Waals surface area contributed by atoms with Crippen LogP contribution >= 0.6 is 0 Å². The number of benzene rings is 1. The minimum atomic E-state index is -0.776. The topological polar surface area (TPSA) is 20.2 Å². The molecule has 1 nitrogen and oxygen atoms in total. The summed E-state index contributed by atoms with van der Waals surface area (Å²) in [6, 6.07) is 9.48. The maximum Gasteiger partial charge on any atom is 0.211 e. The van der Waals surface area contributed by atoms with Crippen molar-refractivity contribution in [1.29, 1.82) is 0 Å². The van der Waals surface area contributed by atoms with Gasteiger partial charge in [-0.2, -0.15) is 4.55 Å². The predicted molar refractivity (Wildman–Crippen MR) is 44.9 cm³/mol. The molecule has 0 spiro atoms. The van der Waals surface area contributed by atoms with Gasteiger partial charge in [-0.3, -0.25) is 0 Å². The first kappa shape index (κ1) is 7.38. The van der Waals surface area contributed by atoms with Gasteiger partial charge in [-0.15, -0.1) is 0 Å². The van der Waals surface area contributed by atoms with Gasteiger partial charge in [0.1, 0.15) is 0 Å². The maximum atomic E-state index is 9.24. The van der Waals surface area contributed by atoms with Crippen molar-refractivity contribution in [2.45, 2.75) is 4.90 Å². The molecule has 1 rings (SSSR count). The van der Waals surface area contributed by atoms with Crippen molar-refractivity contribution in [1.82, 2.24) is 0 Å². The minimum Gasteiger partial charge on any atom is -0.176 e. The largest absolute Gasteiger partial charge is 0.211 e. The van der Waals surface area contributed by atoms with E-state index >= 15 is 0 Å².